The van der Waals surface area contributed by atoms with E-state index in [1.54, 1.807) is 6.08 Å². The number of hydrogen-bond donors (Lipinski definition) is 3. The molecule has 0 aromatic carbocycles. The van der Waals surface area contributed by atoms with Crippen LogP contribution in [0.2, 0.25) is 0 Å². The van der Waals surface area contributed by atoms with Gasteiger partial charge < -0.3 is 19.8 Å². The van der Waals surface area contributed by atoms with Gasteiger partial charge in [-0.1, -0.05) is 218 Å². The first-order valence-corrected chi connectivity index (χ1v) is 26.2. The standard InChI is InChI=1S/C49H97N2O6P/c1-6-8-10-12-14-16-18-20-22-23-24-25-26-27-29-30-32-34-36-38-40-42-48(52)47(46-57-58(54,55)56-45-44-51(3,4)5)50-49(53)43-41-39-37-35-33-31-28-21-19-17-15-13-11-9-7-2/h32,34,40,42,47-48,52H,6-31,33,35-39,41,43-46H2,1-5H3,(H-,50,53,54,55)/p+1/b34-32+,42-40+. The van der Waals surface area contributed by atoms with Crippen LogP contribution in [-0.4, -0.2) is 73.4 Å². The lowest BCUT2D eigenvalue weighted by Crippen LogP contribution is -2.45. The lowest BCUT2D eigenvalue weighted by atomic mass is 10.0. The molecule has 0 fully saturated rings. The molecule has 0 bridgehead atoms. The monoisotopic (exact) mass is 842 g/mol. The van der Waals surface area contributed by atoms with Crippen molar-refractivity contribution in [2.75, 3.05) is 40.9 Å². The molecule has 0 saturated heterocycles. The van der Waals surface area contributed by atoms with Gasteiger partial charge in [0.2, 0.25) is 5.91 Å². The zero-order valence-corrected chi connectivity index (χ0v) is 39.9. The fourth-order valence-electron chi connectivity index (χ4n) is 7.23. The molecule has 0 aliphatic carbocycles. The average molecular weight is 842 g/mol. The van der Waals surface area contributed by atoms with Crippen molar-refractivity contribution in [2.24, 2.45) is 0 Å². The van der Waals surface area contributed by atoms with Gasteiger partial charge in [0.25, 0.3) is 0 Å². The zero-order chi connectivity index (χ0) is 42.8. The normalized spacial score (nSPS) is 14.4. The highest BCUT2D eigenvalue weighted by Crippen LogP contribution is 2.43. The van der Waals surface area contributed by atoms with Crippen molar-refractivity contribution >= 4 is 13.7 Å². The topological polar surface area (TPSA) is 105 Å². The molecule has 0 heterocycles. The van der Waals surface area contributed by atoms with Crippen LogP contribution in [0.1, 0.15) is 232 Å². The number of phosphoric acid groups is 1. The van der Waals surface area contributed by atoms with Crippen LogP contribution < -0.4 is 5.32 Å². The molecule has 9 heteroatoms. The van der Waals surface area contributed by atoms with Gasteiger partial charge in [-0.3, -0.25) is 13.8 Å². The fourth-order valence-corrected chi connectivity index (χ4v) is 7.97. The Labute approximate surface area is 360 Å². The van der Waals surface area contributed by atoms with Crippen molar-refractivity contribution in [3.8, 4) is 0 Å². The summed E-state index contributed by atoms with van der Waals surface area (Å²) in [4.78, 5) is 23.2. The van der Waals surface area contributed by atoms with Gasteiger partial charge in [0.15, 0.2) is 0 Å². The molecular weight excluding hydrogens is 744 g/mol. The van der Waals surface area contributed by atoms with E-state index in [0.29, 0.717) is 17.4 Å². The molecule has 3 atom stereocenters. The highest BCUT2D eigenvalue weighted by molar-refractivity contribution is 7.47. The molecule has 0 spiro atoms. The highest BCUT2D eigenvalue weighted by atomic mass is 31.2. The molecule has 0 aromatic heterocycles. The van der Waals surface area contributed by atoms with E-state index in [4.69, 9.17) is 9.05 Å². The Morgan fingerprint density at radius 2 is 0.948 bits per heavy atom. The van der Waals surface area contributed by atoms with Crippen molar-refractivity contribution in [1.82, 2.24) is 5.32 Å². The molecule has 0 aliphatic rings. The number of allylic oxidation sites excluding steroid dienone is 3. The molecule has 0 aliphatic heterocycles. The third-order valence-corrected chi connectivity index (χ3v) is 12.2. The number of nitrogens with zero attached hydrogens (tertiary/aromatic N) is 1. The summed E-state index contributed by atoms with van der Waals surface area (Å²) in [6.07, 6.45) is 49.7. The number of rotatable bonds is 45. The van der Waals surface area contributed by atoms with Gasteiger partial charge in [-0.15, -0.1) is 0 Å². The first-order valence-electron chi connectivity index (χ1n) is 24.7. The van der Waals surface area contributed by atoms with E-state index in [9.17, 15) is 19.4 Å². The number of unbranched alkanes of at least 4 members (excludes halogenated alkanes) is 30. The molecular formula is C49H98N2O6P+. The number of aliphatic hydroxyl groups is 1. The molecule has 1 amide bonds. The quantitative estimate of drug-likeness (QED) is 0.0244. The maximum atomic E-state index is 12.9. The van der Waals surface area contributed by atoms with Crippen molar-refractivity contribution in [1.29, 1.82) is 0 Å². The van der Waals surface area contributed by atoms with Gasteiger partial charge in [-0.25, -0.2) is 4.57 Å². The zero-order valence-electron chi connectivity index (χ0n) is 39.0. The lowest BCUT2D eigenvalue weighted by molar-refractivity contribution is -0.870. The molecule has 344 valence electrons. The predicted molar refractivity (Wildman–Crippen MR) is 249 cm³/mol. The average Bonchev–Trinajstić information content (AvgIpc) is 3.17. The molecule has 0 radical (unpaired) electrons. The number of carbonyl (C=O) groups excluding carboxylic acids is 1. The van der Waals surface area contributed by atoms with E-state index in [2.05, 4.69) is 31.3 Å². The van der Waals surface area contributed by atoms with Gasteiger partial charge in [-0.2, -0.15) is 0 Å². The van der Waals surface area contributed by atoms with Crippen LogP contribution in [-0.2, 0) is 18.4 Å². The van der Waals surface area contributed by atoms with Gasteiger partial charge in [0.05, 0.1) is 39.9 Å². The SMILES string of the molecule is CCCCCCCCCCCCCCCCC/C=C/CC/C=C/C(O)C(COP(=O)(O)OCC[N+](C)(C)C)NC(=O)CCCCCCCCCCCCCCCCC. The number of nitrogens with one attached hydrogen (secondary N) is 1. The number of aliphatic hydroxyl groups excluding tert-OH is 1. The number of likely N-dealkylation sites (N-methyl/N-ethyl adjacent to an activating group) is 1. The second kappa shape index (κ2) is 41.3. The smallest absolute Gasteiger partial charge is 0.387 e. The maximum absolute atomic E-state index is 12.9. The van der Waals surface area contributed by atoms with E-state index < -0.39 is 20.0 Å². The number of hydrogen-bond acceptors (Lipinski definition) is 5. The molecule has 0 saturated carbocycles. The lowest BCUT2D eigenvalue weighted by Gasteiger charge is -2.25. The van der Waals surface area contributed by atoms with Crippen molar-refractivity contribution in [2.45, 2.75) is 244 Å². The van der Waals surface area contributed by atoms with E-state index >= 15 is 0 Å². The summed E-state index contributed by atoms with van der Waals surface area (Å²) in [5.41, 5.74) is 0. The first-order chi connectivity index (χ1) is 28.0. The van der Waals surface area contributed by atoms with Crippen molar-refractivity contribution in [3.05, 3.63) is 24.3 Å². The van der Waals surface area contributed by atoms with E-state index in [1.807, 2.05) is 27.2 Å². The molecule has 3 unspecified atom stereocenters. The van der Waals surface area contributed by atoms with Gasteiger partial charge in [0.1, 0.15) is 13.2 Å². The van der Waals surface area contributed by atoms with Crippen LogP contribution in [0.15, 0.2) is 24.3 Å². The maximum Gasteiger partial charge on any atom is 0.472 e. The largest absolute Gasteiger partial charge is 0.472 e. The van der Waals surface area contributed by atoms with Gasteiger partial charge in [-0.05, 0) is 32.1 Å². The minimum atomic E-state index is -4.34. The number of amides is 1. The number of carbonyl (C=O) groups is 1. The van der Waals surface area contributed by atoms with Crippen LogP contribution >= 0.6 is 7.82 Å². The molecule has 58 heavy (non-hydrogen) atoms. The summed E-state index contributed by atoms with van der Waals surface area (Å²) in [6, 6.07) is -0.858. The van der Waals surface area contributed by atoms with E-state index in [-0.39, 0.29) is 19.1 Å². The molecule has 3 N–H and O–H groups in total. The number of quaternary nitrogens is 1. The van der Waals surface area contributed by atoms with Crippen LogP contribution in [0.25, 0.3) is 0 Å². The summed E-state index contributed by atoms with van der Waals surface area (Å²) >= 11 is 0. The summed E-state index contributed by atoms with van der Waals surface area (Å²) in [7, 11) is 1.56. The fraction of sp³-hybridized carbons (Fsp3) is 0.898. The Balaban J connectivity index is 4.36. The van der Waals surface area contributed by atoms with Crippen LogP contribution in [0, 0.1) is 0 Å². The van der Waals surface area contributed by atoms with E-state index in [0.717, 1.165) is 38.5 Å². The molecule has 0 rings (SSSR count). The summed E-state index contributed by atoms with van der Waals surface area (Å²) in [6.45, 7) is 4.82. The number of phosphoric ester groups is 1. The Morgan fingerprint density at radius 3 is 1.38 bits per heavy atom. The van der Waals surface area contributed by atoms with Crippen LogP contribution in [0.5, 0.6) is 0 Å². The Morgan fingerprint density at radius 1 is 0.569 bits per heavy atom. The molecule has 0 aromatic rings. The minimum absolute atomic E-state index is 0.0584. The predicted octanol–water partition coefficient (Wildman–Crippen LogP) is 14.1. The Hall–Kier alpha value is -1.02. The van der Waals surface area contributed by atoms with E-state index in [1.165, 1.54) is 173 Å². The molecule has 8 nitrogen and oxygen atoms in total. The van der Waals surface area contributed by atoms with Crippen LogP contribution in [0.4, 0.5) is 0 Å². The Bertz CT molecular complexity index is 1000. The first kappa shape index (κ1) is 57.0. The van der Waals surface area contributed by atoms with Crippen molar-refractivity contribution in [3.63, 3.8) is 0 Å². The minimum Gasteiger partial charge on any atom is -0.387 e. The second-order valence-corrected chi connectivity index (χ2v) is 19.6. The second-order valence-electron chi connectivity index (χ2n) is 18.2. The summed E-state index contributed by atoms with van der Waals surface area (Å²) in [5, 5.41) is 13.8. The summed E-state index contributed by atoms with van der Waals surface area (Å²) < 4.78 is 23.6. The third kappa shape index (κ3) is 43.1. The van der Waals surface area contributed by atoms with Crippen LogP contribution in [0.3, 0.4) is 0 Å². The third-order valence-electron chi connectivity index (χ3n) is 11.2. The van der Waals surface area contributed by atoms with Gasteiger partial charge >= 0.3 is 7.82 Å². The Kier molecular flexibility index (Phi) is 40.6. The summed E-state index contributed by atoms with van der Waals surface area (Å²) in [5.74, 6) is -0.184. The van der Waals surface area contributed by atoms with Gasteiger partial charge in [0, 0.05) is 6.42 Å². The van der Waals surface area contributed by atoms with Crippen molar-refractivity contribution < 1.29 is 32.9 Å². The highest BCUT2D eigenvalue weighted by Gasteiger charge is 2.27.